The van der Waals surface area contributed by atoms with E-state index in [4.69, 9.17) is 9.97 Å². The van der Waals surface area contributed by atoms with Crippen LogP contribution in [0.5, 0.6) is 0 Å². The normalized spacial score (nSPS) is 11.4. The van der Waals surface area contributed by atoms with Crippen LogP contribution in [0.3, 0.4) is 0 Å². The highest BCUT2D eigenvalue weighted by Crippen LogP contribution is 2.38. The van der Waals surface area contributed by atoms with E-state index in [0.717, 1.165) is 116 Å². The number of pyridine rings is 12. The van der Waals surface area contributed by atoms with E-state index in [1.165, 1.54) is 18.2 Å². The summed E-state index contributed by atoms with van der Waals surface area (Å²) in [6.45, 7) is 11.3. The number of aromatic amines is 8. The minimum absolute atomic E-state index is 0.0287. The molecule has 0 saturated carbocycles. The Balaban J connectivity index is 0.000000115. The standard InChI is InChI=1S/2C26H19FN8O.C22H20N8O.C21H18N8O/c1-2-22(36)31-18-7-15(9-28-11-18)16-8-19-24(34-35-25(19)30-10-16)26-32-21-13-29-12-20(23(21)33-26)14-3-5-17(27)6-4-14;1-2-22(36)31-16-7-14(9-28-11-16)15-8-18-24(34-35-25(18)30-10-15)26-32-21-13-29-12-19(23(21)33-26)17-5-3-4-6-20(17)27;1-12(2)5-19(31)26-15-6-13(8-24-10-15)14-7-16-20(29-30-21(16)25-9-14)22-27-17-3-4-23-11-18(17)28-22;1-11(2)21(30)25-14-5-12(7-23-9-14)13-6-15-18(28-29-19(15)24-8-13)20-26-16-3-4-22-10-17(16)27-20/h2*3-13H,2H2,1H3,(H,31,36)(H,32,33)(H,30,34,35);3-4,6-12H,5H2,1-2H3,(H,26,31)(H,27,28)(H,25,29,30);3-11H,1-2H3,(H,25,30)(H,26,27)(H,24,28,29). The summed E-state index contributed by atoms with van der Waals surface area (Å²) in [6.07, 6.45) is 35.0. The Labute approximate surface area is 750 Å². The van der Waals surface area contributed by atoms with Crippen molar-refractivity contribution in [3.05, 3.63) is 245 Å². The predicted octanol–water partition coefficient (Wildman–Crippen LogP) is 17.7. The van der Waals surface area contributed by atoms with Gasteiger partial charge in [0, 0.05) is 161 Å². The molecule has 0 unspecified atom stereocenters. The number of anilines is 4. The Kier molecular flexibility index (Phi) is 23.2. The molecule has 20 aromatic heterocycles. The topological polar surface area (TPSA) is 501 Å². The first-order valence-corrected chi connectivity index (χ1v) is 42.0. The first-order valence-electron chi connectivity index (χ1n) is 42.0. The van der Waals surface area contributed by atoms with Gasteiger partial charge in [0.05, 0.1) is 132 Å². The molecule has 0 spiro atoms. The van der Waals surface area contributed by atoms with Gasteiger partial charge in [-0.15, -0.1) is 0 Å². The van der Waals surface area contributed by atoms with Gasteiger partial charge in [0.15, 0.2) is 45.9 Å². The fourth-order valence-corrected chi connectivity index (χ4v) is 14.8. The molecular formula is C95H76F2N32O4. The van der Waals surface area contributed by atoms with E-state index in [2.05, 4.69) is 152 Å². The van der Waals surface area contributed by atoms with Gasteiger partial charge in [-0.1, -0.05) is 71.9 Å². The molecule has 4 amide bonds. The summed E-state index contributed by atoms with van der Waals surface area (Å²) in [5.74, 6) is 1.70. The Morgan fingerprint density at radius 3 is 1.08 bits per heavy atom. The second-order valence-corrected chi connectivity index (χ2v) is 31.5. The lowest BCUT2D eigenvalue weighted by Crippen LogP contribution is -2.17. The van der Waals surface area contributed by atoms with Crippen LogP contribution in [0.25, 0.3) is 201 Å². The van der Waals surface area contributed by atoms with Crippen molar-refractivity contribution in [3.63, 3.8) is 0 Å². The number of imidazole rings is 4. The van der Waals surface area contributed by atoms with E-state index in [1.807, 2.05) is 88.4 Å². The molecule has 0 aliphatic rings. The number of rotatable bonds is 19. The maximum absolute atomic E-state index is 14.5. The van der Waals surface area contributed by atoms with Gasteiger partial charge in [-0.2, -0.15) is 20.4 Å². The molecule has 0 fully saturated rings. The van der Waals surface area contributed by atoms with E-state index in [0.29, 0.717) is 127 Å². The number of fused-ring (bicyclic) bond motifs is 8. The van der Waals surface area contributed by atoms with Crippen molar-refractivity contribution in [2.24, 2.45) is 11.8 Å². The van der Waals surface area contributed by atoms with Crippen molar-refractivity contribution in [1.29, 1.82) is 0 Å². The Morgan fingerprint density at radius 1 is 0.338 bits per heavy atom. The fraction of sp³-hybridized carbons (Fsp3) is 0.116. The minimum Gasteiger partial charge on any atom is -0.335 e. The molecule has 0 aliphatic carbocycles. The number of H-pyrrole nitrogens is 8. The van der Waals surface area contributed by atoms with Gasteiger partial charge >= 0.3 is 0 Å². The van der Waals surface area contributed by atoms with Crippen molar-refractivity contribution in [1.82, 2.24) is 140 Å². The molecule has 0 atom stereocenters. The number of nitrogens with one attached hydrogen (secondary N) is 12. The summed E-state index contributed by atoms with van der Waals surface area (Å²) in [5, 5.41) is 43.9. The molecule has 0 aliphatic heterocycles. The van der Waals surface area contributed by atoms with Gasteiger partial charge in [0.25, 0.3) is 0 Å². The van der Waals surface area contributed by atoms with Crippen LogP contribution in [0.4, 0.5) is 31.5 Å². The molecule has 133 heavy (non-hydrogen) atoms. The number of carbonyl (C=O) groups is 4. The minimum atomic E-state index is -0.344. The average Bonchev–Trinajstić information content (AvgIpc) is 1.62. The zero-order chi connectivity index (χ0) is 91.3. The smallest absolute Gasteiger partial charge is 0.226 e. The highest BCUT2D eigenvalue weighted by Gasteiger charge is 2.24. The lowest BCUT2D eigenvalue weighted by atomic mass is 10.1. The number of hydrogen-bond acceptors (Lipinski definition) is 24. The van der Waals surface area contributed by atoms with Crippen LogP contribution in [0.1, 0.15) is 60.8 Å². The number of nitrogens with zero attached hydrogens (tertiary/aromatic N) is 20. The van der Waals surface area contributed by atoms with Crippen molar-refractivity contribution in [2.45, 2.75) is 60.8 Å². The summed E-state index contributed by atoms with van der Waals surface area (Å²) in [6, 6.07) is 31.8. The van der Waals surface area contributed by atoms with Crippen molar-refractivity contribution in [2.75, 3.05) is 21.3 Å². The molecule has 654 valence electrons. The van der Waals surface area contributed by atoms with Gasteiger partial charge in [0.2, 0.25) is 23.6 Å². The number of halogens is 2. The molecule has 0 saturated heterocycles. The maximum atomic E-state index is 14.5. The molecule has 2 aromatic carbocycles. The highest BCUT2D eigenvalue weighted by atomic mass is 19.1. The summed E-state index contributed by atoms with van der Waals surface area (Å²) in [4.78, 5) is 131. The summed E-state index contributed by atoms with van der Waals surface area (Å²) in [7, 11) is 0. The number of amides is 4. The molecule has 36 nitrogen and oxygen atoms in total. The van der Waals surface area contributed by atoms with Gasteiger partial charge < -0.3 is 41.2 Å². The third-order valence-corrected chi connectivity index (χ3v) is 21.4. The molecule has 0 bridgehead atoms. The third-order valence-electron chi connectivity index (χ3n) is 21.4. The zero-order valence-electron chi connectivity index (χ0n) is 71.5. The van der Waals surface area contributed by atoms with E-state index in [9.17, 15) is 28.0 Å². The average molecular weight is 1770 g/mol. The number of carbonyl (C=O) groups excluding carboxylic acids is 4. The van der Waals surface area contributed by atoms with Crippen LogP contribution in [0.2, 0.25) is 0 Å². The maximum Gasteiger partial charge on any atom is 0.226 e. The molecule has 22 rings (SSSR count). The van der Waals surface area contributed by atoms with E-state index in [-0.39, 0.29) is 47.1 Å². The SMILES string of the molecule is CC(C)C(=O)Nc1cncc(-c2cnc3n[nH]c(-c4nc5ccncc5[nH]4)c3c2)c1.CC(C)CC(=O)Nc1cncc(-c2cnc3n[nH]c(-c4nc5ccncc5[nH]4)c3c2)c1.CCC(=O)Nc1cncc(-c2cnc3n[nH]c(-c4nc5c(-c6ccc(F)cc6)cncc5[nH]4)c3c2)c1.CCC(=O)Nc1cncc(-c2cnc3n[nH]c(-c4nc5c(-c6ccccc6F)cncc5[nH]4)c3c2)c1. The molecule has 38 heteroatoms. The van der Waals surface area contributed by atoms with E-state index in [1.54, 1.807) is 168 Å². The first kappa shape index (κ1) is 84.2. The van der Waals surface area contributed by atoms with Crippen LogP contribution >= 0.6 is 0 Å². The van der Waals surface area contributed by atoms with Crippen molar-refractivity contribution < 1.29 is 28.0 Å². The first-order chi connectivity index (χ1) is 64.8. The molecule has 0 radical (unpaired) electrons. The van der Waals surface area contributed by atoms with Crippen LogP contribution in [0.15, 0.2) is 233 Å². The second-order valence-electron chi connectivity index (χ2n) is 31.5. The Bertz CT molecular complexity index is 8100. The fourth-order valence-electron chi connectivity index (χ4n) is 14.8. The van der Waals surface area contributed by atoms with E-state index < -0.39 is 0 Å². The quantitative estimate of drug-likeness (QED) is 0.0358. The Hall–Kier alpha value is -18.3. The van der Waals surface area contributed by atoms with Crippen LogP contribution < -0.4 is 21.3 Å². The summed E-state index contributed by atoms with van der Waals surface area (Å²) in [5.41, 5.74) is 22.8. The van der Waals surface area contributed by atoms with Crippen molar-refractivity contribution >= 4 is 135 Å². The van der Waals surface area contributed by atoms with Gasteiger partial charge in [0.1, 0.15) is 39.9 Å². The molecule has 22 aromatic rings. The lowest BCUT2D eigenvalue weighted by molar-refractivity contribution is -0.119. The van der Waals surface area contributed by atoms with E-state index >= 15 is 0 Å². The predicted molar refractivity (Wildman–Crippen MR) is 500 cm³/mol. The van der Waals surface area contributed by atoms with Gasteiger partial charge in [-0.3, -0.25) is 79.4 Å². The largest absolute Gasteiger partial charge is 0.335 e. The molecule has 20 heterocycles. The second kappa shape index (κ2) is 36.6. The zero-order valence-corrected chi connectivity index (χ0v) is 71.5. The number of benzene rings is 2. The van der Waals surface area contributed by atoms with Crippen LogP contribution in [-0.2, 0) is 19.2 Å². The highest BCUT2D eigenvalue weighted by molar-refractivity contribution is 6.02. The number of aromatic nitrogens is 28. The van der Waals surface area contributed by atoms with Crippen molar-refractivity contribution in [3.8, 4) is 113 Å². The summed E-state index contributed by atoms with van der Waals surface area (Å²) < 4.78 is 27.9. The third kappa shape index (κ3) is 18.0. The molecule has 12 N–H and O–H groups in total. The van der Waals surface area contributed by atoms with Gasteiger partial charge in [-0.05, 0) is 90.3 Å². The monoisotopic (exact) mass is 1770 g/mol. The summed E-state index contributed by atoms with van der Waals surface area (Å²) >= 11 is 0. The van der Waals surface area contributed by atoms with Crippen LogP contribution in [0, 0.1) is 23.5 Å². The number of hydrogen-bond donors (Lipinski definition) is 12. The lowest BCUT2D eigenvalue weighted by Gasteiger charge is -2.09. The van der Waals surface area contributed by atoms with Crippen LogP contribution in [-0.4, -0.2) is 164 Å². The molecular weight excluding hydrogens is 1690 g/mol. The Morgan fingerprint density at radius 2 is 0.692 bits per heavy atom. The van der Waals surface area contributed by atoms with Gasteiger partial charge in [-0.25, -0.2) is 48.7 Å².